The highest BCUT2D eigenvalue weighted by Gasteiger charge is 2.13. The van der Waals surface area contributed by atoms with Crippen molar-refractivity contribution in [1.82, 2.24) is 24.6 Å². The second-order valence-corrected chi connectivity index (χ2v) is 6.74. The molecule has 4 rings (SSSR count). The van der Waals surface area contributed by atoms with Gasteiger partial charge in [0.1, 0.15) is 11.6 Å². The summed E-state index contributed by atoms with van der Waals surface area (Å²) in [6, 6.07) is 12.1. The smallest absolute Gasteiger partial charge is 0.272 e. The molecule has 9 nitrogen and oxygen atoms in total. The summed E-state index contributed by atoms with van der Waals surface area (Å²) in [5.41, 5.74) is 1.49. The number of nitrogens with zero attached hydrogens (tertiary/aromatic N) is 5. The van der Waals surface area contributed by atoms with Gasteiger partial charge in [-0.3, -0.25) is 14.9 Å². The van der Waals surface area contributed by atoms with Gasteiger partial charge in [0.05, 0.1) is 16.3 Å². The van der Waals surface area contributed by atoms with Crippen molar-refractivity contribution in [3.8, 4) is 11.4 Å². The summed E-state index contributed by atoms with van der Waals surface area (Å²) in [4.78, 5) is 26.9. The van der Waals surface area contributed by atoms with Crippen molar-refractivity contribution in [1.29, 1.82) is 0 Å². The molecule has 1 amide bonds. The number of nitro benzene ring substituents is 1. The number of imidazole rings is 1. The minimum absolute atomic E-state index is 0.0737. The van der Waals surface area contributed by atoms with Gasteiger partial charge in [0.25, 0.3) is 11.6 Å². The van der Waals surface area contributed by atoms with Gasteiger partial charge < -0.3 is 9.88 Å². The van der Waals surface area contributed by atoms with Gasteiger partial charge in [0.15, 0.2) is 5.69 Å². The number of carbonyl (C=O) groups is 1. The average Bonchev–Trinajstić information content (AvgIpc) is 3.42. The van der Waals surface area contributed by atoms with Crippen LogP contribution < -0.4 is 5.32 Å². The zero-order valence-corrected chi connectivity index (χ0v) is 16.4. The summed E-state index contributed by atoms with van der Waals surface area (Å²) in [5, 5.41) is 17.8. The number of nitro groups is 1. The van der Waals surface area contributed by atoms with Gasteiger partial charge in [-0.2, -0.15) is 5.10 Å². The maximum Gasteiger partial charge on any atom is 0.272 e. The lowest BCUT2D eigenvalue weighted by molar-refractivity contribution is -0.384. The van der Waals surface area contributed by atoms with Gasteiger partial charge in [-0.1, -0.05) is 12.1 Å². The molecular formula is C21H17FN6O3. The number of carbonyl (C=O) groups excluding carboxylic acids is 1. The van der Waals surface area contributed by atoms with Crippen molar-refractivity contribution >= 4 is 11.6 Å². The summed E-state index contributed by atoms with van der Waals surface area (Å²) in [6.45, 7) is 1.89. The topological polar surface area (TPSA) is 108 Å². The van der Waals surface area contributed by atoms with Gasteiger partial charge in [0.2, 0.25) is 0 Å². The molecule has 0 aliphatic carbocycles. The van der Waals surface area contributed by atoms with E-state index in [1.807, 2.05) is 0 Å². The number of hydrogen-bond donors (Lipinski definition) is 1. The molecule has 0 aliphatic heterocycles. The van der Waals surface area contributed by atoms with Crippen LogP contribution in [0.1, 0.15) is 21.9 Å². The number of benzene rings is 2. The predicted octanol–water partition coefficient (Wildman–Crippen LogP) is 3.34. The van der Waals surface area contributed by atoms with Crippen LogP contribution in [0.5, 0.6) is 0 Å². The molecule has 2 aromatic carbocycles. The van der Waals surface area contributed by atoms with Crippen molar-refractivity contribution in [3.05, 3.63) is 100 Å². The molecule has 0 aliphatic rings. The zero-order chi connectivity index (χ0) is 22.0. The quantitative estimate of drug-likeness (QED) is 0.380. The van der Waals surface area contributed by atoms with Crippen LogP contribution in [-0.4, -0.2) is 30.2 Å². The summed E-state index contributed by atoms with van der Waals surface area (Å²) in [7, 11) is 0. The predicted molar refractivity (Wildman–Crippen MR) is 110 cm³/mol. The van der Waals surface area contributed by atoms with E-state index in [0.29, 0.717) is 22.8 Å². The molecule has 0 atom stereocenters. The number of nitrogens with one attached hydrogen (secondary N) is 1. The number of rotatable bonds is 6. The minimum Gasteiger partial charge on any atom is -0.347 e. The number of amides is 1. The van der Waals surface area contributed by atoms with Gasteiger partial charge in [-0.15, -0.1) is 0 Å². The molecule has 0 unspecified atom stereocenters. The Bertz CT molecular complexity index is 1280. The van der Waals surface area contributed by atoms with Crippen LogP contribution in [0.3, 0.4) is 0 Å². The number of hydrogen-bond acceptors (Lipinski definition) is 5. The van der Waals surface area contributed by atoms with Crippen LogP contribution in [0.2, 0.25) is 0 Å². The standard InChI is InChI=1S/C21H17FN6O3/c1-14-23-8-10-26(14)20-6-5-15(11-18(20)22)13-24-21(29)19-7-9-27(25-19)16-3-2-4-17(12-16)28(30)31/h2-12H,13H2,1H3,(H,24,29). The van der Waals surface area contributed by atoms with Crippen LogP contribution >= 0.6 is 0 Å². The first-order valence-corrected chi connectivity index (χ1v) is 9.30. The van der Waals surface area contributed by atoms with Crippen LogP contribution in [0, 0.1) is 22.9 Å². The molecule has 10 heteroatoms. The molecule has 156 valence electrons. The van der Waals surface area contributed by atoms with E-state index in [1.54, 1.807) is 48.1 Å². The van der Waals surface area contributed by atoms with Gasteiger partial charge in [-0.25, -0.2) is 14.1 Å². The summed E-state index contributed by atoms with van der Waals surface area (Å²) < 4.78 is 17.5. The molecule has 4 aromatic rings. The third-order valence-corrected chi connectivity index (χ3v) is 4.68. The Morgan fingerprint density at radius 2 is 2.03 bits per heavy atom. The molecule has 1 N–H and O–H groups in total. The SMILES string of the molecule is Cc1nccn1-c1ccc(CNC(=O)c2ccn(-c3cccc([N+](=O)[O-])c3)n2)cc1F. The van der Waals surface area contributed by atoms with Crippen LogP contribution in [-0.2, 0) is 6.54 Å². The molecule has 0 fully saturated rings. The first-order chi connectivity index (χ1) is 14.9. The van der Waals surface area contributed by atoms with Crippen molar-refractivity contribution < 1.29 is 14.1 Å². The highest BCUT2D eigenvalue weighted by atomic mass is 19.1. The third-order valence-electron chi connectivity index (χ3n) is 4.68. The Kier molecular flexibility index (Phi) is 5.27. The van der Waals surface area contributed by atoms with E-state index in [1.165, 1.54) is 35.1 Å². The van der Waals surface area contributed by atoms with E-state index in [0.717, 1.165) is 0 Å². The fourth-order valence-electron chi connectivity index (χ4n) is 3.10. The largest absolute Gasteiger partial charge is 0.347 e. The lowest BCUT2D eigenvalue weighted by atomic mass is 10.2. The van der Waals surface area contributed by atoms with Gasteiger partial charge >= 0.3 is 0 Å². The first kappa shape index (κ1) is 20.0. The maximum absolute atomic E-state index is 14.5. The summed E-state index contributed by atoms with van der Waals surface area (Å²) >= 11 is 0. The highest BCUT2D eigenvalue weighted by molar-refractivity contribution is 5.92. The first-order valence-electron chi connectivity index (χ1n) is 9.30. The fourth-order valence-corrected chi connectivity index (χ4v) is 3.10. The van der Waals surface area contributed by atoms with Gasteiger partial charge in [0, 0.05) is 37.3 Å². The lowest BCUT2D eigenvalue weighted by Gasteiger charge is -2.09. The summed E-state index contributed by atoms with van der Waals surface area (Å²) in [5.74, 6) is -0.207. The molecule has 0 bridgehead atoms. The van der Waals surface area contributed by atoms with Crippen LogP contribution in [0.15, 0.2) is 67.1 Å². The number of aryl methyl sites for hydroxylation is 1. The molecular weight excluding hydrogens is 403 g/mol. The van der Waals surface area contributed by atoms with Crippen LogP contribution in [0.4, 0.5) is 10.1 Å². The third kappa shape index (κ3) is 4.17. The monoisotopic (exact) mass is 420 g/mol. The Morgan fingerprint density at radius 1 is 1.19 bits per heavy atom. The Hall–Kier alpha value is -4.34. The second kappa shape index (κ2) is 8.19. The normalized spacial score (nSPS) is 10.8. The summed E-state index contributed by atoms with van der Waals surface area (Å²) in [6.07, 6.45) is 4.80. The van der Waals surface area contributed by atoms with E-state index in [9.17, 15) is 19.3 Å². The van der Waals surface area contributed by atoms with E-state index in [-0.39, 0.29) is 17.9 Å². The number of aromatic nitrogens is 4. The van der Waals surface area contributed by atoms with Crippen molar-refractivity contribution in [3.63, 3.8) is 0 Å². The minimum atomic E-state index is -0.501. The highest BCUT2D eigenvalue weighted by Crippen LogP contribution is 2.18. The molecule has 0 spiro atoms. The molecule has 0 radical (unpaired) electrons. The molecule has 0 saturated heterocycles. The van der Waals surface area contributed by atoms with E-state index in [2.05, 4.69) is 15.4 Å². The maximum atomic E-state index is 14.5. The van der Waals surface area contributed by atoms with Crippen molar-refractivity contribution in [2.24, 2.45) is 0 Å². The van der Waals surface area contributed by atoms with E-state index >= 15 is 0 Å². The van der Waals surface area contributed by atoms with E-state index in [4.69, 9.17) is 0 Å². The Labute approximate surface area is 175 Å². The zero-order valence-electron chi connectivity index (χ0n) is 16.4. The second-order valence-electron chi connectivity index (χ2n) is 6.74. The average molecular weight is 420 g/mol. The Balaban J connectivity index is 1.44. The molecule has 31 heavy (non-hydrogen) atoms. The molecule has 2 heterocycles. The number of halogens is 1. The Morgan fingerprint density at radius 3 is 2.74 bits per heavy atom. The number of non-ortho nitro benzene ring substituents is 1. The molecule has 0 saturated carbocycles. The van der Waals surface area contributed by atoms with Crippen LogP contribution in [0.25, 0.3) is 11.4 Å². The van der Waals surface area contributed by atoms with Gasteiger partial charge in [-0.05, 0) is 36.8 Å². The van der Waals surface area contributed by atoms with Crippen molar-refractivity contribution in [2.75, 3.05) is 0 Å². The van der Waals surface area contributed by atoms with Crippen molar-refractivity contribution in [2.45, 2.75) is 13.5 Å². The fraction of sp³-hybridized carbons (Fsp3) is 0.0952. The lowest BCUT2D eigenvalue weighted by Crippen LogP contribution is -2.23. The van der Waals surface area contributed by atoms with E-state index < -0.39 is 16.6 Å². The molecule has 2 aromatic heterocycles.